The Kier molecular flexibility index (Phi) is 5.94. The summed E-state index contributed by atoms with van der Waals surface area (Å²) in [4.78, 5) is 0. The highest BCUT2D eigenvalue weighted by atomic mass is 35.5. The molecule has 1 N–H and O–H groups in total. The molecule has 0 unspecified atom stereocenters. The second-order valence-electron chi connectivity index (χ2n) is 7.77. The van der Waals surface area contributed by atoms with Crippen molar-refractivity contribution < 1.29 is 9.84 Å². The van der Waals surface area contributed by atoms with Crippen LogP contribution in [-0.2, 0) is 11.2 Å². The molecule has 2 aromatic carbocycles. The Morgan fingerprint density at radius 2 is 1.65 bits per heavy atom. The molecule has 1 fully saturated rings. The number of ether oxygens (including phenoxy) is 1. The Hall–Kier alpha value is -1.51. The third kappa shape index (κ3) is 3.92. The fraction of sp³-hybridized carbons (Fsp3) is 0.478. The molecule has 2 aromatic rings. The van der Waals surface area contributed by atoms with Crippen molar-refractivity contribution in [1.82, 2.24) is 0 Å². The molecule has 0 radical (unpaired) electrons. The van der Waals surface area contributed by atoms with Crippen LogP contribution >= 0.6 is 11.6 Å². The molecule has 0 spiro atoms. The monoisotopic (exact) mass is 372 g/mol. The van der Waals surface area contributed by atoms with E-state index in [4.69, 9.17) is 16.3 Å². The van der Waals surface area contributed by atoms with Gasteiger partial charge in [-0.15, -0.1) is 0 Å². The summed E-state index contributed by atoms with van der Waals surface area (Å²) in [5.74, 6) is 1.95. The fourth-order valence-electron chi connectivity index (χ4n) is 4.12. The molecule has 1 heterocycles. The highest BCUT2D eigenvalue weighted by molar-refractivity contribution is 6.31. The first-order valence-electron chi connectivity index (χ1n) is 9.62. The number of benzene rings is 2. The van der Waals surface area contributed by atoms with E-state index in [9.17, 15) is 5.11 Å². The molecule has 140 valence electrons. The second-order valence-corrected chi connectivity index (χ2v) is 8.18. The van der Waals surface area contributed by atoms with Crippen LogP contribution in [-0.4, -0.2) is 11.2 Å². The molecule has 0 saturated carbocycles. The van der Waals surface area contributed by atoms with Crippen molar-refractivity contribution in [1.29, 1.82) is 0 Å². The van der Waals surface area contributed by atoms with Crippen molar-refractivity contribution in [3.05, 3.63) is 64.2 Å². The molecule has 1 aliphatic rings. The van der Waals surface area contributed by atoms with Gasteiger partial charge in [-0.1, -0.05) is 63.6 Å². The zero-order valence-corrected chi connectivity index (χ0v) is 16.8. The van der Waals surface area contributed by atoms with Crippen molar-refractivity contribution >= 4 is 11.6 Å². The van der Waals surface area contributed by atoms with Crippen LogP contribution in [0.3, 0.4) is 0 Å². The molecule has 0 bridgehead atoms. The van der Waals surface area contributed by atoms with Gasteiger partial charge in [0.1, 0.15) is 5.75 Å². The summed E-state index contributed by atoms with van der Waals surface area (Å²) in [5.41, 5.74) is 3.45. The van der Waals surface area contributed by atoms with Gasteiger partial charge in [0.05, 0.1) is 12.2 Å². The lowest BCUT2D eigenvalue weighted by molar-refractivity contribution is -0.136. The standard InChI is InChI=1S/C23H29ClO2/c1-5-22-15(3)14(2)16(4)23(26-22)18-8-11-21(24)19(13-18)12-17-6-9-20(25)10-7-17/h6-11,13-16,22-23,25H,5,12H2,1-4H3/t14-,15-,16+,22+,23+/m0/s1. The van der Waals surface area contributed by atoms with E-state index in [-0.39, 0.29) is 11.9 Å². The molecule has 0 aliphatic carbocycles. The van der Waals surface area contributed by atoms with E-state index in [1.54, 1.807) is 12.1 Å². The van der Waals surface area contributed by atoms with E-state index in [0.717, 1.165) is 29.0 Å². The first-order chi connectivity index (χ1) is 12.4. The maximum absolute atomic E-state index is 9.47. The van der Waals surface area contributed by atoms with Gasteiger partial charge in [0.15, 0.2) is 0 Å². The number of aromatic hydroxyl groups is 1. The highest BCUT2D eigenvalue weighted by Gasteiger charge is 2.38. The lowest BCUT2D eigenvalue weighted by atomic mass is 9.74. The van der Waals surface area contributed by atoms with Crippen LogP contribution in [0.15, 0.2) is 42.5 Å². The summed E-state index contributed by atoms with van der Waals surface area (Å²) in [6.07, 6.45) is 2.21. The van der Waals surface area contributed by atoms with Crippen LogP contribution in [0.1, 0.15) is 56.9 Å². The summed E-state index contributed by atoms with van der Waals surface area (Å²) in [7, 11) is 0. The highest BCUT2D eigenvalue weighted by Crippen LogP contribution is 2.44. The lowest BCUT2D eigenvalue weighted by Crippen LogP contribution is -2.40. The van der Waals surface area contributed by atoms with Crippen LogP contribution in [0.25, 0.3) is 0 Å². The number of phenolic OH excluding ortho intramolecular Hbond substituents is 1. The van der Waals surface area contributed by atoms with Gasteiger partial charge in [0.25, 0.3) is 0 Å². The van der Waals surface area contributed by atoms with E-state index < -0.39 is 0 Å². The van der Waals surface area contributed by atoms with Crippen LogP contribution in [0.2, 0.25) is 5.02 Å². The van der Waals surface area contributed by atoms with Gasteiger partial charge in [-0.2, -0.15) is 0 Å². The molecule has 2 nitrogen and oxygen atoms in total. The summed E-state index contributed by atoms with van der Waals surface area (Å²) in [5, 5.41) is 10.2. The molecule has 0 aromatic heterocycles. The molecule has 3 heteroatoms. The van der Waals surface area contributed by atoms with Gasteiger partial charge >= 0.3 is 0 Å². The van der Waals surface area contributed by atoms with Crippen LogP contribution in [0, 0.1) is 17.8 Å². The molecule has 1 aliphatic heterocycles. The van der Waals surface area contributed by atoms with Crippen molar-refractivity contribution in [3.8, 4) is 5.75 Å². The first kappa shape index (κ1) is 19.3. The van der Waals surface area contributed by atoms with E-state index in [1.165, 1.54) is 5.56 Å². The summed E-state index contributed by atoms with van der Waals surface area (Å²) >= 11 is 6.47. The smallest absolute Gasteiger partial charge is 0.115 e. The Morgan fingerprint density at radius 3 is 2.31 bits per heavy atom. The molecule has 0 amide bonds. The number of rotatable bonds is 4. The van der Waals surface area contributed by atoms with Crippen LogP contribution < -0.4 is 0 Å². The quantitative estimate of drug-likeness (QED) is 0.673. The Morgan fingerprint density at radius 1 is 0.962 bits per heavy atom. The Labute approximate surface area is 162 Å². The Bertz CT molecular complexity index is 738. The van der Waals surface area contributed by atoms with E-state index in [0.29, 0.717) is 23.9 Å². The van der Waals surface area contributed by atoms with Gasteiger partial charge in [0, 0.05) is 5.02 Å². The SMILES string of the molecule is CC[C@H]1O[C@@H](c2ccc(Cl)c(Cc3ccc(O)cc3)c2)[C@H](C)[C@@H](C)[C@@H]1C. The molecular formula is C23H29ClO2. The predicted molar refractivity (Wildman–Crippen MR) is 108 cm³/mol. The number of halogens is 1. The van der Waals surface area contributed by atoms with Gasteiger partial charge in [0.2, 0.25) is 0 Å². The van der Waals surface area contributed by atoms with Gasteiger partial charge in [-0.3, -0.25) is 0 Å². The Balaban J connectivity index is 1.87. The van der Waals surface area contributed by atoms with Crippen molar-refractivity contribution in [2.45, 2.75) is 52.7 Å². The van der Waals surface area contributed by atoms with Crippen LogP contribution in [0.5, 0.6) is 5.75 Å². The predicted octanol–water partition coefficient (Wildman–Crippen LogP) is 6.39. The van der Waals surface area contributed by atoms with Crippen molar-refractivity contribution in [3.63, 3.8) is 0 Å². The zero-order chi connectivity index (χ0) is 18.8. The topological polar surface area (TPSA) is 29.5 Å². The molecule has 26 heavy (non-hydrogen) atoms. The minimum atomic E-state index is 0.113. The van der Waals surface area contributed by atoms with E-state index in [2.05, 4.69) is 39.8 Å². The van der Waals surface area contributed by atoms with E-state index >= 15 is 0 Å². The second kappa shape index (κ2) is 8.02. The number of hydrogen-bond donors (Lipinski definition) is 1. The summed E-state index contributed by atoms with van der Waals surface area (Å²) < 4.78 is 6.50. The minimum Gasteiger partial charge on any atom is -0.508 e. The maximum atomic E-state index is 9.47. The average molecular weight is 373 g/mol. The van der Waals surface area contributed by atoms with Gasteiger partial charge < -0.3 is 9.84 Å². The molecule has 1 saturated heterocycles. The number of phenols is 1. The fourth-order valence-corrected chi connectivity index (χ4v) is 4.30. The summed E-state index contributed by atoms with van der Waals surface area (Å²) in [6, 6.07) is 13.6. The summed E-state index contributed by atoms with van der Waals surface area (Å²) in [6.45, 7) is 9.16. The number of hydrogen-bond acceptors (Lipinski definition) is 2. The van der Waals surface area contributed by atoms with E-state index in [1.807, 2.05) is 18.2 Å². The van der Waals surface area contributed by atoms with Gasteiger partial charge in [-0.05, 0) is 65.5 Å². The third-order valence-electron chi connectivity index (χ3n) is 6.18. The van der Waals surface area contributed by atoms with Gasteiger partial charge in [-0.25, -0.2) is 0 Å². The maximum Gasteiger partial charge on any atom is 0.115 e. The largest absolute Gasteiger partial charge is 0.508 e. The molecular weight excluding hydrogens is 344 g/mol. The zero-order valence-electron chi connectivity index (χ0n) is 16.1. The lowest BCUT2D eigenvalue weighted by Gasteiger charge is -2.44. The van der Waals surface area contributed by atoms with Crippen LogP contribution in [0.4, 0.5) is 0 Å². The third-order valence-corrected chi connectivity index (χ3v) is 6.54. The molecule has 5 atom stereocenters. The van der Waals surface area contributed by atoms with Crippen molar-refractivity contribution in [2.75, 3.05) is 0 Å². The minimum absolute atomic E-state index is 0.113. The average Bonchev–Trinajstić information content (AvgIpc) is 2.64. The first-order valence-corrected chi connectivity index (χ1v) is 10.00. The molecule has 3 rings (SSSR count). The van der Waals surface area contributed by atoms with Crippen molar-refractivity contribution in [2.24, 2.45) is 17.8 Å². The normalized spacial score (nSPS) is 28.9.